The third-order valence-corrected chi connectivity index (χ3v) is 5.59. The van der Waals surface area contributed by atoms with Gasteiger partial charge < -0.3 is 14.2 Å². The third-order valence-electron chi connectivity index (χ3n) is 4.33. The molecule has 0 aromatic heterocycles. The fourth-order valence-electron chi connectivity index (χ4n) is 2.56. The van der Waals surface area contributed by atoms with E-state index in [4.69, 9.17) is 9.05 Å². The van der Waals surface area contributed by atoms with Crippen LogP contribution in [0.3, 0.4) is 0 Å². The Bertz CT molecular complexity index is 744. The SMILES string of the molecule is COP(C)(=O)OCC(=O)C(C)=Cc1cc(C(C)(C)C)c(O)c(C(C)(C)C)c1. The lowest BCUT2D eigenvalue weighted by atomic mass is 9.78. The summed E-state index contributed by atoms with van der Waals surface area (Å²) in [6, 6.07) is 3.81. The van der Waals surface area contributed by atoms with Gasteiger partial charge in [0.15, 0.2) is 5.78 Å². The molecule has 1 atom stereocenters. The molecule has 0 spiro atoms. The molecule has 0 fully saturated rings. The van der Waals surface area contributed by atoms with Gasteiger partial charge >= 0.3 is 7.60 Å². The summed E-state index contributed by atoms with van der Waals surface area (Å²) < 4.78 is 21.6. The Morgan fingerprint density at radius 1 is 1.11 bits per heavy atom. The van der Waals surface area contributed by atoms with Crippen molar-refractivity contribution in [2.45, 2.75) is 59.3 Å². The van der Waals surface area contributed by atoms with E-state index in [0.29, 0.717) is 11.3 Å². The summed E-state index contributed by atoms with van der Waals surface area (Å²) in [6.45, 7) is 14.9. The molecule has 152 valence electrons. The van der Waals surface area contributed by atoms with Gasteiger partial charge in [-0.15, -0.1) is 0 Å². The maximum Gasteiger partial charge on any atom is 0.327 e. The summed E-state index contributed by atoms with van der Waals surface area (Å²) in [7, 11) is -1.91. The molecule has 1 rings (SSSR count). The summed E-state index contributed by atoms with van der Waals surface area (Å²) in [4.78, 5) is 12.3. The Balaban J connectivity index is 3.31. The standard InChI is InChI=1S/C21H33O5P/c1-14(18(22)13-26-27(9,24)25-8)10-15-11-16(20(2,3)4)19(23)17(12-15)21(5,6)7/h10-12,23H,13H2,1-9H3. The van der Waals surface area contributed by atoms with Gasteiger partial charge in [-0.05, 0) is 47.1 Å². The molecule has 6 heteroatoms. The first-order valence-corrected chi connectivity index (χ1v) is 10.9. The van der Waals surface area contributed by atoms with E-state index < -0.39 is 7.60 Å². The number of benzene rings is 1. The number of ketones is 1. The molecular formula is C21H33O5P. The minimum Gasteiger partial charge on any atom is -0.507 e. The minimum atomic E-state index is -3.20. The van der Waals surface area contributed by atoms with Crippen molar-refractivity contribution in [1.29, 1.82) is 0 Å². The highest BCUT2D eigenvalue weighted by Crippen LogP contribution is 2.43. The summed E-state index contributed by atoms with van der Waals surface area (Å²) in [5, 5.41) is 10.8. The van der Waals surface area contributed by atoms with Crippen molar-refractivity contribution >= 4 is 19.5 Å². The second-order valence-corrected chi connectivity index (χ2v) is 11.1. The van der Waals surface area contributed by atoms with Gasteiger partial charge in [-0.25, -0.2) is 0 Å². The number of Topliss-reactive ketones (excluding diaryl/α,β-unsaturated/α-hetero) is 1. The van der Waals surface area contributed by atoms with Crippen LogP contribution in [0.1, 0.15) is 65.2 Å². The number of aromatic hydroxyl groups is 1. The first-order chi connectivity index (χ1) is 12.1. The summed E-state index contributed by atoms with van der Waals surface area (Å²) in [6.07, 6.45) is 1.77. The topological polar surface area (TPSA) is 72.8 Å². The van der Waals surface area contributed by atoms with E-state index in [1.807, 2.05) is 53.7 Å². The van der Waals surface area contributed by atoms with Crippen LogP contribution in [0.25, 0.3) is 6.08 Å². The molecule has 0 heterocycles. The van der Waals surface area contributed by atoms with Crippen LogP contribution in [0.5, 0.6) is 5.75 Å². The van der Waals surface area contributed by atoms with Crippen LogP contribution in [0.2, 0.25) is 0 Å². The van der Waals surface area contributed by atoms with Crippen LogP contribution in [0.4, 0.5) is 0 Å². The van der Waals surface area contributed by atoms with Gasteiger partial charge in [-0.1, -0.05) is 41.5 Å². The Kier molecular flexibility index (Phi) is 7.26. The Hall–Kier alpha value is -1.42. The van der Waals surface area contributed by atoms with Gasteiger partial charge in [-0.2, -0.15) is 0 Å². The van der Waals surface area contributed by atoms with E-state index in [1.165, 1.54) is 13.8 Å². The first kappa shape index (κ1) is 23.6. The van der Waals surface area contributed by atoms with Crippen LogP contribution >= 0.6 is 7.60 Å². The van der Waals surface area contributed by atoms with E-state index in [0.717, 1.165) is 16.7 Å². The van der Waals surface area contributed by atoms with Crippen molar-refractivity contribution in [2.24, 2.45) is 0 Å². The van der Waals surface area contributed by atoms with Crippen LogP contribution in [-0.4, -0.2) is 31.3 Å². The predicted octanol–water partition coefficient (Wildman–Crippen LogP) is 5.45. The largest absolute Gasteiger partial charge is 0.507 e. The van der Waals surface area contributed by atoms with Crippen molar-refractivity contribution < 1.29 is 23.5 Å². The average molecular weight is 396 g/mol. The maximum atomic E-state index is 12.3. The van der Waals surface area contributed by atoms with E-state index in [-0.39, 0.29) is 23.2 Å². The zero-order valence-electron chi connectivity index (χ0n) is 18.0. The number of rotatable bonds is 6. The lowest BCUT2D eigenvalue weighted by molar-refractivity contribution is -0.117. The predicted molar refractivity (Wildman–Crippen MR) is 111 cm³/mol. The number of phenolic OH excluding ortho intramolecular Hbond substituents is 1. The number of carbonyl (C=O) groups excluding carboxylic acids is 1. The van der Waals surface area contributed by atoms with Gasteiger partial charge in [0, 0.05) is 24.9 Å². The summed E-state index contributed by atoms with van der Waals surface area (Å²) >= 11 is 0. The fourth-order valence-corrected chi connectivity index (χ4v) is 3.01. The third kappa shape index (κ3) is 6.60. The second kappa shape index (κ2) is 8.30. The molecule has 0 aliphatic heterocycles. The molecule has 0 saturated heterocycles. The van der Waals surface area contributed by atoms with Crippen molar-refractivity contribution in [3.8, 4) is 5.75 Å². The lowest BCUT2D eigenvalue weighted by Gasteiger charge is -2.28. The van der Waals surface area contributed by atoms with Gasteiger partial charge in [0.1, 0.15) is 12.4 Å². The zero-order valence-corrected chi connectivity index (χ0v) is 18.9. The molecule has 1 aromatic carbocycles. The molecule has 27 heavy (non-hydrogen) atoms. The maximum absolute atomic E-state index is 12.3. The van der Waals surface area contributed by atoms with Crippen molar-refractivity contribution in [3.05, 3.63) is 34.4 Å². The Morgan fingerprint density at radius 2 is 1.56 bits per heavy atom. The minimum absolute atomic E-state index is 0.248. The van der Waals surface area contributed by atoms with Crippen LogP contribution < -0.4 is 0 Å². The normalized spacial score (nSPS) is 15.5. The molecule has 1 N–H and O–H groups in total. The number of hydrogen-bond acceptors (Lipinski definition) is 5. The fraction of sp³-hybridized carbons (Fsp3) is 0.571. The molecule has 0 radical (unpaired) electrons. The van der Waals surface area contributed by atoms with Crippen molar-refractivity contribution in [2.75, 3.05) is 20.4 Å². The van der Waals surface area contributed by atoms with E-state index in [9.17, 15) is 14.5 Å². The van der Waals surface area contributed by atoms with E-state index >= 15 is 0 Å². The summed E-state index contributed by atoms with van der Waals surface area (Å²) in [5.41, 5.74) is 2.48. The van der Waals surface area contributed by atoms with Crippen LogP contribution in [-0.2, 0) is 29.2 Å². The summed E-state index contributed by atoms with van der Waals surface area (Å²) in [5.74, 6) is 0.0308. The van der Waals surface area contributed by atoms with Crippen molar-refractivity contribution in [1.82, 2.24) is 0 Å². The Morgan fingerprint density at radius 3 is 1.93 bits per heavy atom. The van der Waals surface area contributed by atoms with E-state index in [2.05, 4.69) is 0 Å². The van der Waals surface area contributed by atoms with Gasteiger partial charge in [0.2, 0.25) is 0 Å². The molecule has 1 aromatic rings. The molecule has 0 aliphatic rings. The smallest absolute Gasteiger partial charge is 0.327 e. The molecular weight excluding hydrogens is 363 g/mol. The van der Waals surface area contributed by atoms with Gasteiger partial charge in [0.25, 0.3) is 0 Å². The highest BCUT2D eigenvalue weighted by atomic mass is 31.2. The van der Waals surface area contributed by atoms with E-state index in [1.54, 1.807) is 13.0 Å². The monoisotopic (exact) mass is 396 g/mol. The van der Waals surface area contributed by atoms with Crippen molar-refractivity contribution in [3.63, 3.8) is 0 Å². The Labute approximate surface area is 163 Å². The van der Waals surface area contributed by atoms with Gasteiger partial charge in [-0.3, -0.25) is 9.36 Å². The molecule has 0 bridgehead atoms. The highest BCUT2D eigenvalue weighted by Gasteiger charge is 2.26. The first-order valence-electron chi connectivity index (χ1n) is 8.96. The molecule has 0 amide bonds. The number of hydrogen-bond donors (Lipinski definition) is 1. The zero-order chi connectivity index (χ0) is 21.2. The number of carbonyl (C=O) groups is 1. The molecule has 0 saturated carbocycles. The quantitative estimate of drug-likeness (QED) is 0.512. The van der Waals surface area contributed by atoms with Gasteiger partial charge in [0.05, 0.1) is 0 Å². The van der Waals surface area contributed by atoms with Crippen LogP contribution in [0, 0.1) is 0 Å². The molecule has 5 nitrogen and oxygen atoms in total. The average Bonchev–Trinajstić information content (AvgIpc) is 2.51. The molecule has 0 aliphatic carbocycles. The second-order valence-electron chi connectivity index (χ2n) is 8.94. The molecule has 1 unspecified atom stereocenters. The van der Waals surface area contributed by atoms with Crippen LogP contribution in [0.15, 0.2) is 17.7 Å². The number of phenols is 1. The highest BCUT2D eigenvalue weighted by molar-refractivity contribution is 7.52. The lowest BCUT2D eigenvalue weighted by Crippen LogP contribution is -2.17.